The molecule has 1 aromatic rings. The molecule has 1 aromatic carbocycles. The van der Waals surface area contributed by atoms with Crippen molar-refractivity contribution in [2.24, 2.45) is 0 Å². The van der Waals surface area contributed by atoms with Crippen molar-refractivity contribution in [1.29, 1.82) is 0 Å². The van der Waals surface area contributed by atoms with Gasteiger partial charge in [0.15, 0.2) is 0 Å². The first-order chi connectivity index (χ1) is 7.45. The van der Waals surface area contributed by atoms with Gasteiger partial charge < -0.3 is 4.74 Å². The molecule has 1 fully saturated rings. The first kappa shape index (κ1) is 9.17. The summed E-state index contributed by atoms with van der Waals surface area (Å²) in [5.74, 6) is 0.622. The Morgan fingerprint density at radius 3 is 3.13 bits per heavy atom. The SMILES string of the molecule is C1=Cc2c(cccc2C2CCCOC2)C1. The normalized spacial score (nSPS) is 24.1. The van der Waals surface area contributed by atoms with Gasteiger partial charge in [-0.25, -0.2) is 0 Å². The highest BCUT2D eigenvalue weighted by molar-refractivity contribution is 5.64. The Kier molecular flexibility index (Phi) is 2.34. The Morgan fingerprint density at radius 1 is 1.27 bits per heavy atom. The van der Waals surface area contributed by atoms with Crippen LogP contribution in [-0.4, -0.2) is 13.2 Å². The van der Waals surface area contributed by atoms with Crippen molar-refractivity contribution in [2.75, 3.05) is 13.2 Å². The molecule has 0 bridgehead atoms. The molecular formula is C14H16O. The van der Waals surface area contributed by atoms with E-state index < -0.39 is 0 Å². The fraction of sp³-hybridized carbons (Fsp3) is 0.429. The highest BCUT2D eigenvalue weighted by Gasteiger charge is 2.20. The number of rotatable bonds is 1. The van der Waals surface area contributed by atoms with Crippen LogP contribution in [0, 0.1) is 0 Å². The molecule has 78 valence electrons. The van der Waals surface area contributed by atoms with Crippen molar-refractivity contribution < 1.29 is 4.74 Å². The van der Waals surface area contributed by atoms with E-state index >= 15 is 0 Å². The van der Waals surface area contributed by atoms with E-state index in [1.807, 2.05) is 0 Å². The molecule has 3 rings (SSSR count). The van der Waals surface area contributed by atoms with E-state index in [0.717, 1.165) is 19.6 Å². The van der Waals surface area contributed by atoms with Crippen molar-refractivity contribution in [2.45, 2.75) is 25.2 Å². The molecule has 1 aliphatic heterocycles. The maximum atomic E-state index is 5.57. The molecule has 0 amide bonds. The third-order valence-corrected chi connectivity index (χ3v) is 3.45. The molecule has 1 heteroatoms. The van der Waals surface area contributed by atoms with Crippen molar-refractivity contribution in [1.82, 2.24) is 0 Å². The van der Waals surface area contributed by atoms with Gasteiger partial charge in [0, 0.05) is 12.5 Å². The molecule has 15 heavy (non-hydrogen) atoms. The van der Waals surface area contributed by atoms with E-state index in [1.54, 1.807) is 0 Å². The molecule has 0 N–H and O–H groups in total. The topological polar surface area (TPSA) is 9.23 Å². The Morgan fingerprint density at radius 2 is 2.27 bits per heavy atom. The van der Waals surface area contributed by atoms with Crippen LogP contribution in [0.3, 0.4) is 0 Å². The van der Waals surface area contributed by atoms with Crippen LogP contribution >= 0.6 is 0 Å². The second-order valence-corrected chi connectivity index (χ2v) is 4.44. The first-order valence-corrected chi connectivity index (χ1v) is 5.81. The highest BCUT2D eigenvalue weighted by atomic mass is 16.5. The fourth-order valence-electron chi connectivity index (χ4n) is 2.66. The quantitative estimate of drug-likeness (QED) is 0.676. The van der Waals surface area contributed by atoms with Crippen LogP contribution in [0.1, 0.15) is 35.4 Å². The van der Waals surface area contributed by atoms with Gasteiger partial charge in [-0.15, -0.1) is 0 Å². The van der Waals surface area contributed by atoms with Crippen LogP contribution in [0.5, 0.6) is 0 Å². The Balaban J connectivity index is 1.96. The molecule has 1 saturated heterocycles. The highest BCUT2D eigenvalue weighted by Crippen LogP contribution is 2.32. The maximum absolute atomic E-state index is 5.57. The summed E-state index contributed by atoms with van der Waals surface area (Å²) in [5, 5.41) is 0. The maximum Gasteiger partial charge on any atom is 0.0534 e. The van der Waals surface area contributed by atoms with Crippen LogP contribution < -0.4 is 0 Å². The lowest BCUT2D eigenvalue weighted by atomic mass is 9.89. The van der Waals surface area contributed by atoms with Crippen LogP contribution in [0.25, 0.3) is 6.08 Å². The Bertz CT molecular complexity index is 386. The van der Waals surface area contributed by atoms with E-state index in [4.69, 9.17) is 4.74 Å². The lowest BCUT2D eigenvalue weighted by Crippen LogP contribution is -2.16. The predicted molar refractivity (Wildman–Crippen MR) is 62.0 cm³/mol. The molecule has 1 atom stereocenters. The van der Waals surface area contributed by atoms with Crippen LogP contribution in [0.15, 0.2) is 24.3 Å². The molecule has 2 aliphatic rings. The van der Waals surface area contributed by atoms with Crippen molar-refractivity contribution in [3.05, 3.63) is 41.0 Å². The van der Waals surface area contributed by atoms with Gasteiger partial charge in [0.05, 0.1) is 6.61 Å². The zero-order chi connectivity index (χ0) is 10.1. The molecule has 1 unspecified atom stereocenters. The van der Waals surface area contributed by atoms with Gasteiger partial charge in [-0.1, -0.05) is 30.4 Å². The molecular weight excluding hydrogens is 184 g/mol. The van der Waals surface area contributed by atoms with Gasteiger partial charge in [0.1, 0.15) is 0 Å². The van der Waals surface area contributed by atoms with Crippen molar-refractivity contribution in [3.63, 3.8) is 0 Å². The Hall–Kier alpha value is -1.08. The van der Waals surface area contributed by atoms with Gasteiger partial charge in [0.25, 0.3) is 0 Å². The smallest absolute Gasteiger partial charge is 0.0534 e. The van der Waals surface area contributed by atoms with Gasteiger partial charge in [-0.2, -0.15) is 0 Å². The summed E-state index contributed by atoms with van der Waals surface area (Å²) in [6.45, 7) is 1.85. The molecule has 0 saturated carbocycles. The summed E-state index contributed by atoms with van der Waals surface area (Å²) < 4.78 is 5.57. The zero-order valence-electron chi connectivity index (χ0n) is 8.91. The zero-order valence-corrected chi connectivity index (χ0v) is 8.91. The minimum atomic E-state index is 0.622. The molecule has 0 radical (unpaired) electrons. The van der Waals surface area contributed by atoms with Gasteiger partial charge >= 0.3 is 0 Å². The predicted octanol–water partition coefficient (Wildman–Crippen LogP) is 3.15. The fourth-order valence-corrected chi connectivity index (χ4v) is 2.66. The van der Waals surface area contributed by atoms with E-state index in [2.05, 4.69) is 30.4 Å². The van der Waals surface area contributed by atoms with Crippen LogP contribution in [0.2, 0.25) is 0 Å². The summed E-state index contributed by atoms with van der Waals surface area (Å²) in [7, 11) is 0. The monoisotopic (exact) mass is 200 g/mol. The Labute approximate surface area is 90.8 Å². The molecule has 0 aromatic heterocycles. The number of ether oxygens (including phenoxy) is 1. The van der Waals surface area contributed by atoms with Gasteiger partial charge in [-0.3, -0.25) is 0 Å². The number of allylic oxidation sites excluding steroid dienone is 1. The molecule has 1 heterocycles. The van der Waals surface area contributed by atoms with Crippen molar-refractivity contribution >= 4 is 6.08 Å². The lowest BCUT2D eigenvalue weighted by Gasteiger charge is -2.24. The summed E-state index contributed by atoms with van der Waals surface area (Å²) in [6, 6.07) is 6.70. The summed E-state index contributed by atoms with van der Waals surface area (Å²) in [5.41, 5.74) is 4.45. The lowest BCUT2D eigenvalue weighted by molar-refractivity contribution is 0.0804. The van der Waals surface area contributed by atoms with E-state index in [-0.39, 0.29) is 0 Å². The van der Waals surface area contributed by atoms with Gasteiger partial charge in [0.2, 0.25) is 0 Å². The molecule has 1 nitrogen and oxygen atoms in total. The van der Waals surface area contributed by atoms with E-state index in [9.17, 15) is 0 Å². The number of hydrogen-bond acceptors (Lipinski definition) is 1. The summed E-state index contributed by atoms with van der Waals surface area (Å²) in [6.07, 6.45) is 8.14. The number of hydrogen-bond donors (Lipinski definition) is 0. The third kappa shape index (κ3) is 1.61. The average molecular weight is 200 g/mol. The minimum absolute atomic E-state index is 0.622. The average Bonchev–Trinajstić information content (AvgIpc) is 2.78. The van der Waals surface area contributed by atoms with Crippen LogP contribution in [0.4, 0.5) is 0 Å². The minimum Gasteiger partial charge on any atom is -0.381 e. The first-order valence-electron chi connectivity index (χ1n) is 5.81. The van der Waals surface area contributed by atoms with Gasteiger partial charge in [-0.05, 0) is 36.0 Å². The van der Waals surface area contributed by atoms with E-state index in [0.29, 0.717) is 5.92 Å². The summed E-state index contributed by atoms with van der Waals surface area (Å²) >= 11 is 0. The third-order valence-electron chi connectivity index (χ3n) is 3.45. The summed E-state index contributed by atoms with van der Waals surface area (Å²) in [4.78, 5) is 0. The largest absolute Gasteiger partial charge is 0.381 e. The number of benzene rings is 1. The second kappa shape index (κ2) is 3.82. The van der Waals surface area contributed by atoms with Crippen molar-refractivity contribution in [3.8, 4) is 0 Å². The number of fused-ring (bicyclic) bond motifs is 1. The molecule has 0 spiro atoms. The van der Waals surface area contributed by atoms with E-state index in [1.165, 1.54) is 29.5 Å². The standard InChI is InChI=1S/C14H16O/c1-4-11-5-2-8-14(13(11)7-1)12-6-3-9-15-10-12/h1-2,5,7-8,12H,3-4,6,9-10H2. The second-order valence-electron chi connectivity index (χ2n) is 4.44. The van der Waals surface area contributed by atoms with Crippen LogP contribution in [-0.2, 0) is 11.2 Å². The molecule has 1 aliphatic carbocycles.